The maximum absolute atomic E-state index is 12.8. The van der Waals surface area contributed by atoms with Gasteiger partial charge >= 0.3 is 0 Å². The standard InChI is InChI=1S/C18H17Cl2N3O2/c19-13-8-12(9-14(20)10-13)18(25)23-7-3-5-16(23)17(24)22-11-15-4-1-2-6-21-15/h1-2,4,6,8-10,16H,3,5,7,11H2,(H,22,24). The quantitative estimate of drug-likeness (QED) is 0.888. The van der Waals surface area contributed by atoms with E-state index < -0.39 is 6.04 Å². The van der Waals surface area contributed by atoms with E-state index in [0.717, 1.165) is 12.1 Å². The minimum Gasteiger partial charge on any atom is -0.349 e. The van der Waals surface area contributed by atoms with Crippen molar-refractivity contribution in [1.82, 2.24) is 15.2 Å². The zero-order valence-electron chi connectivity index (χ0n) is 13.4. The van der Waals surface area contributed by atoms with Crippen LogP contribution in [0.4, 0.5) is 0 Å². The Morgan fingerprint density at radius 3 is 2.64 bits per heavy atom. The number of pyridine rings is 1. The first-order valence-corrected chi connectivity index (χ1v) is 8.75. The zero-order chi connectivity index (χ0) is 17.8. The number of nitrogens with one attached hydrogen (secondary N) is 1. The Bertz CT molecular complexity index is 763. The van der Waals surface area contributed by atoms with Gasteiger partial charge in [-0.3, -0.25) is 14.6 Å². The first-order chi connectivity index (χ1) is 12.0. The molecule has 0 aliphatic carbocycles. The fourth-order valence-electron chi connectivity index (χ4n) is 2.92. The summed E-state index contributed by atoms with van der Waals surface area (Å²) in [5.41, 5.74) is 1.16. The second-order valence-corrected chi connectivity index (χ2v) is 6.73. The summed E-state index contributed by atoms with van der Waals surface area (Å²) in [5.74, 6) is -0.412. The van der Waals surface area contributed by atoms with Gasteiger partial charge in [0.05, 0.1) is 12.2 Å². The number of carbonyl (C=O) groups is 2. The van der Waals surface area contributed by atoms with E-state index >= 15 is 0 Å². The van der Waals surface area contributed by atoms with Crippen LogP contribution >= 0.6 is 23.2 Å². The van der Waals surface area contributed by atoms with E-state index in [1.807, 2.05) is 18.2 Å². The van der Waals surface area contributed by atoms with Crippen LogP contribution in [0.15, 0.2) is 42.6 Å². The Kier molecular flexibility index (Phi) is 5.56. The zero-order valence-corrected chi connectivity index (χ0v) is 14.9. The van der Waals surface area contributed by atoms with E-state index in [1.54, 1.807) is 29.3 Å². The minimum atomic E-state index is -0.492. The van der Waals surface area contributed by atoms with Crippen molar-refractivity contribution in [3.63, 3.8) is 0 Å². The predicted octanol–water partition coefficient (Wildman–Crippen LogP) is 3.31. The van der Waals surface area contributed by atoms with Gasteiger partial charge in [0, 0.05) is 28.4 Å². The number of likely N-dealkylation sites (tertiary alicyclic amines) is 1. The molecular formula is C18H17Cl2N3O2. The molecule has 5 nitrogen and oxygen atoms in total. The lowest BCUT2D eigenvalue weighted by molar-refractivity contribution is -0.125. The topological polar surface area (TPSA) is 62.3 Å². The van der Waals surface area contributed by atoms with Gasteiger partial charge in [0.15, 0.2) is 0 Å². The summed E-state index contributed by atoms with van der Waals surface area (Å²) in [6.45, 7) is 0.867. The number of benzene rings is 1. The fraction of sp³-hybridized carbons (Fsp3) is 0.278. The predicted molar refractivity (Wildman–Crippen MR) is 96.6 cm³/mol. The number of aromatic nitrogens is 1. The van der Waals surface area contributed by atoms with E-state index in [9.17, 15) is 9.59 Å². The second-order valence-electron chi connectivity index (χ2n) is 5.85. The Labute approximate surface area is 155 Å². The van der Waals surface area contributed by atoms with Crippen molar-refractivity contribution in [1.29, 1.82) is 0 Å². The van der Waals surface area contributed by atoms with E-state index in [1.165, 1.54) is 0 Å². The molecule has 1 fully saturated rings. The summed E-state index contributed by atoms with van der Waals surface area (Å²) in [4.78, 5) is 31.0. The second kappa shape index (κ2) is 7.85. The molecule has 1 atom stereocenters. The van der Waals surface area contributed by atoms with E-state index in [-0.39, 0.29) is 11.8 Å². The van der Waals surface area contributed by atoms with Gasteiger partial charge in [0.25, 0.3) is 5.91 Å². The Morgan fingerprint density at radius 1 is 1.20 bits per heavy atom. The van der Waals surface area contributed by atoms with Gasteiger partial charge in [0.2, 0.25) is 5.91 Å². The number of hydrogen-bond acceptors (Lipinski definition) is 3. The molecule has 1 N–H and O–H groups in total. The Morgan fingerprint density at radius 2 is 1.96 bits per heavy atom. The lowest BCUT2D eigenvalue weighted by atomic mass is 10.1. The van der Waals surface area contributed by atoms with Crippen LogP contribution in [0.1, 0.15) is 28.9 Å². The van der Waals surface area contributed by atoms with Gasteiger partial charge in [-0.25, -0.2) is 0 Å². The first-order valence-electron chi connectivity index (χ1n) is 7.99. The summed E-state index contributed by atoms with van der Waals surface area (Å²) in [5, 5.41) is 3.64. The highest BCUT2D eigenvalue weighted by molar-refractivity contribution is 6.35. The summed E-state index contributed by atoms with van der Waals surface area (Å²) in [6, 6.07) is 9.73. The van der Waals surface area contributed by atoms with Crippen molar-refractivity contribution in [2.24, 2.45) is 0 Å². The summed E-state index contributed by atoms with van der Waals surface area (Å²) < 4.78 is 0. The highest BCUT2D eigenvalue weighted by Gasteiger charge is 2.34. The molecule has 1 aromatic carbocycles. The van der Waals surface area contributed by atoms with Gasteiger partial charge in [-0.2, -0.15) is 0 Å². The Hall–Kier alpha value is -2.11. The largest absolute Gasteiger partial charge is 0.349 e. The third kappa shape index (κ3) is 4.30. The molecule has 1 saturated heterocycles. The van der Waals surface area contributed by atoms with Gasteiger partial charge in [-0.05, 0) is 43.2 Å². The molecular weight excluding hydrogens is 361 g/mol. The van der Waals surface area contributed by atoms with Crippen molar-refractivity contribution in [2.75, 3.05) is 6.54 Å². The molecule has 130 valence electrons. The lowest BCUT2D eigenvalue weighted by Gasteiger charge is -2.24. The van der Waals surface area contributed by atoms with Crippen LogP contribution < -0.4 is 5.32 Å². The smallest absolute Gasteiger partial charge is 0.254 e. The summed E-state index contributed by atoms with van der Waals surface area (Å²) in [7, 11) is 0. The summed E-state index contributed by atoms with van der Waals surface area (Å²) in [6.07, 6.45) is 3.09. The average Bonchev–Trinajstić information content (AvgIpc) is 3.09. The van der Waals surface area contributed by atoms with Crippen LogP contribution in [0.2, 0.25) is 10.0 Å². The highest BCUT2D eigenvalue weighted by atomic mass is 35.5. The van der Waals surface area contributed by atoms with E-state index in [2.05, 4.69) is 10.3 Å². The average molecular weight is 378 g/mol. The number of hydrogen-bond donors (Lipinski definition) is 1. The third-order valence-electron chi connectivity index (χ3n) is 4.10. The highest BCUT2D eigenvalue weighted by Crippen LogP contribution is 2.24. The number of halogens is 2. The number of rotatable bonds is 4. The molecule has 1 unspecified atom stereocenters. The van der Waals surface area contributed by atoms with Crippen LogP contribution in [0.3, 0.4) is 0 Å². The maximum Gasteiger partial charge on any atom is 0.254 e. The molecule has 0 saturated carbocycles. The van der Waals surface area contributed by atoms with Crippen molar-refractivity contribution >= 4 is 35.0 Å². The number of amides is 2. The van der Waals surface area contributed by atoms with E-state index in [0.29, 0.717) is 35.1 Å². The summed E-state index contributed by atoms with van der Waals surface area (Å²) >= 11 is 12.0. The van der Waals surface area contributed by atoms with Crippen LogP contribution in [-0.2, 0) is 11.3 Å². The molecule has 0 bridgehead atoms. The molecule has 2 aromatic rings. The van der Waals surface area contributed by atoms with Crippen LogP contribution in [-0.4, -0.2) is 34.3 Å². The molecule has 2 heterocycles. The molecule has 0 radical (unpaired) electrons. The van der Waals surface area contributed by atoms with Gasteiger partial charge in [0.1, 0.15) is 6.04 Å². The van der Waals surface area contributed by atoms with Crippen molar-refractivity contribution in [2.45, 2.75) is 25.4 Å². The van der Waals surface area contributed by atoms with Crippen molar-refractivity contribution in [3.05, 3.63) is 63.9 Å². The van der Waals surface area contributed by atoms with Crippen LogP contribution in [0.5, 0.6) is 0 Å². The Balaban J connectivity index is 1.69. The molecule has 1 aliphatic rings. The molecule has 3 rings (SSSR count). The number of nitrogens with zero attached hydrogens (tertiary/aromatic N) is 2. The lowest BCUT2D eigenvalue weighted by Crippen LogP contribution is -2.45. The SMILES string of the molecule is O=C(NCc1ccccn1)C1CCCN1C(=O)c1cc(Cl)cc(Cl)c1. The van der Waals surface area contributed by atoms with Crippen LogP contribution in [0, 0.1) is 0 Å². The monoisotopic (exact) mass is 377 g/mol. The fourth-order valence-corrected chi connectivity index (χ4v) is 3.45. The van der Waals surface area contributed by atoms with Crippen LogP contribution in [0.25, 0.3) is 0 Å². The van der Waals surface area contributed by atoms with Crippen molar-refractivity contribution < 1.29 is 9.59 Å². The van der Waals surface area contributed by atoms with Gasteiger partial charge < -0.3 is 10.2 Å². The molecule has 2 amide bonds. The molecule has 0 spiro atoms. The minimum absolute atomic E-state index is 0.176. The van der Waals surface area contributed by atoms with Crippen molar-refractivity contribution in [3.8, 4) is 0 Å². The maximum atomic E-state index is 12.8. The first kappa shape index (κ1) is 17.7. The molecule has 1 aromatic heterocycles. The molecule has 7 heteroatoms. The molecule has 25 heavy (non-hydrogen) atoms. The van der Waals surface area contributed by atoms with Gasteiger partial charge in [-0.1, -0.05) is 29.3 Å². The van der Waals surface area contributed by atoms with Gasteiger partial charge in [-0.15, -0.1) is 0 Å². The molecule has 1 aliphatic heterocycles. The number of carbonyl (C=O) groups excluding carboxylic acids is 2. The van der Waals surface area contributed by atoms with E-state index in [4.69, 9.17) is 23.2 Å². The normalized spacial score (nSPS) is 16.7. The third-order valence-corrected chi connectivity index (χ3v) is 4.53.